The van der Waals surface area contributed by atoms with E-state index < -0.39 is 6.10 Å². The van der Waals surface area contributed by atoms with Crippen LogP contribution >= 0.6 is 0 Å². The number of aliphatic hydroxyl groups is 1. The van der Waals surface area contributed by atoms with Gasteiger partial charge < -0.3 is 14.6 Å². The fraction of sp³-hybridized carbons (Fsp3) is 0.778. The van der Waals surface area contributed by atoms with Crippen LogP contribution in [-0.2, 0) is 9.47 Å². The Hall–Kier alpha value is -0.560. The van der Waals surface area contributed by atoms with Gasteiger partial charge in [0.25, 0.3) is 0 Å². The zero-order valence-corrected chi connectivity index (χ0v) is 7.25. The highest BCUT2D eigenvalue weighted by Gasteiger charge is 2.13. The molecule has 1 atom stereocenters. The average molecular weight is 170 g/mol. The van der Waals surface area contributed by atoms with Crippen LogP contribution in [0.15, 0.2) is 0 Å². The van der Waals surface area contributed by atoms with Gasteiger partial charge in [0.2, 0.25) is 0 Å². The molecule has 0 bridgehead atoms. The minimum absolute atomic E-state index is 0.0756. The third-order valence-corrected chi connectivity index (χ3v) is 1.51. The summed E-state index contributed by atoms with van der Waals surface area (Å²) in [5.41, 5.74) is 0. The van der Waals surface area contributed by atoms with Gasteiger partial charge in [-0.3, -0.25) is 0 Å². The molecule has 68 valence electrons. The maximum atomic E-state index is 8.81. The first-order valence-electron chi connectivity index (χ1n) is 4.18. The van der Waals surface area contributed by atoms with Gasteiger partial charge in [-0.15, -0.1) is 5.92 Å². The second-order valence-electron chi connectivity index (χ2n) is 2.71. The summed E-state index contributed by atoms with van der Waals surface area (Å²) in [6.07, 6.45) is 0.902. The van der Waals surface area contributed by atoms with E-state index in [9.17, 15) is 0 Å². The van der Waals surface area contributed by atoms with Crippen LogP contribution in [0.4, 0.5) is 0 Å². The molecule has 1 aliphatic rings. The van der Waals surface area contributed by atoms with Gasteiger partial charge in [0.15, 0.2) is 6.29 Å². The topological polar surface area (TPSA) is 38.7 Å². The van der Waals surface area contributed by atoms with Crippen molar-refractivity contribution in [3.05, 3.63) is 0 Å². The maximum absolute atomic E-state index is 8.81. The van der Waals surface area contributed by atoms with E-state index in [0.29, 0.717) is 13.2 Å². The number of aliphatic hydroxyl groups excluding tert-OH is 1. The number of ether oxygens (including phenoxy) is 2. The average Bonchev–Trinajstić information content (AvgIpc) is 2.49. The fourth-order valence-corrected chi connectivity index (χ4v) is 0.984. The van der Waals surface area contributed by atoms with Gasteiger partial charge in [0.05, 0.1) is 13.2 Å². The van der Waals surface area contributed by atoms with Crippen LogP contribution < -0.4 is 0 Å². The van der Waals surface area contributed by atoms with Crippen LogP contribution in [0.3, 0.4) is 0 Å². The Labute approximate surface area is 72.7 Å². The van der Waals surface area contributed by atoms with Crippen molar-refractivity contribution in [1.29, 1.82) is 0 Å². The summed E-state index contributed by atoms with van der Waals surface area (Å²) in [6.45, 7) is 3.03. The molecule has 1 aliphatic heterocycles. The first-order chi connectivity index (χ1) is 5.79. The molecule has 0 aliphatic carbocycles. The molecule has 3 heteroatoms. The molecule has 0 amide bonds. The van der Waals surface area contributed by atoms with E-state index in [1.54, 1.807) is 6.92 Å². The molecular weight excluding hydrogens is 156 g/mol. The fourth-order valence-electron chi connectivity index (χ4n) is 0.984. The molecule has 3 nitrogen and oxygen atoms in total. The van der Waals surface area contributed by atoms with Crippen molar-refractivity contribution < 1.29 is 14.6 Å². The molecule has 1 N–H and O–H groups in total. The Morgan fingerprint density at radius 1 is 1.50 bits per heavy atom. The quantitative estimate of drug-likeness (QED) is 0.614. The molecule has 1 fully saturated rings. The molecule has 1 heterocycles. The Kier molecular flexibility index (Phi) is 4.09. The highest BCUT2D eigenvalue weighted by molar-refractivity contribution is 5.02. The zero-order valence-electron chi connectivity index (χ0n) is 7.25. The Balaban J connectivity index is 2.06. The van der Waals surface area contributed by atoms with Gasteiger partial charge in [0.1, 0.15) is 6.10 Å². The molecule has 0 spiro atoms. The largest absolute Gasteiger partial charge is 0.381 e. The van der Waals surface area contributed by atoms with Crippen molar-refractivity contribution in [3.8, 4) is 11.8 Å². The SMILES string of the molecule is C[C@@H](O)C#CCCC1OCCO1. The van der Waals surface area contributed by atoms with Crippen LogP contribution in [0.1, 0.15) is 19.8 Å². The van der Waals surface area contributed by atoms with Crippen molar-refractivity contribution in [2.45, 2.75) is 32.2 Å². The van der Waals surface area contributed by atoms with Gasteiger partial charge in [-0.25, -0.2) is 0 Å². The predicted molar refractivity (Wildman–Crippen MR) is 44.4 cm³/mol. The van der Waals surface area contributed by atoms with Gasteiger partial charge in [-0.1, -0.05) is 5.92 Å². The molecular formula is C9H14O3. The Morgan fingerprint density at radius 3 is 2.75 bits per heavy atom. The van der Waals surface area contributed by atoms with E-state index >= 15 is 0 Å². The van der Waals surface area contributed by atoms with Gasteiger partial charge in [-0.2, -0.15) is 0 Å². The van der Waals surface area contributed by atoms with Gasteiger partial charge >= 0.3 is 0 Å². The van der Waals surface area contributed by atoms with E-state index in [-0.39, 0.29) is 6.29 Å². The van der Waals surface area contributed by atoms with Crippen LogP contribution in [0, 0.1) is 11.8 Å². The maximum Gasteiger partial charge on any atom is 0.158 e. The third kappa shape index (κ3) is 3.72. The lowest BCUT2D eigenvalue weighted by Crippen LogP contribution is -2.06. The van der Waals surface area contributed by atoms with E-state index in [1.807, 2.05) is 0 Å². The van der Waals surface area contributed by atoms with Gasteiger partial charge in [0, 0.05) is 12.8 Å². The van der Waals surface area contributed by atoms with Crippen LogP contribution in [0.25, 0.3) is 0 Å². The number of hydrogen-bond donors (Lipinski definition) is 1. The summed E-state index contributed by atoms with van der Waals surface area (Å²) < 4.78 is 10.4. The molecule has 12 heavy (non-hydrogen) atoms. The summed E-state index contributed by atoms with van der Waals surface area (Å²) in [4.78, 5) is 0. The first-order valence-corrected chi connectivity index (χ1v) is 4.18. The number of hydrogen-bond acceptors (Lipinski definition) is 3. The van der Waals surface area contributed by atoms with Crippen molar-refractivity contribution in [3.63, 3.8) is 0 Å². The molecule has 1 rings (SSSR count). The summed E-state index contributed by atoms with van der Waals surface area (Å²) in [7, 11) is 0. The summed E-state index contributed by atoms with van der Waals surface area (Å²) in [5, 5.41) is 8.81. The zero-order chi connectivity index (χ0) is 8.81. The smallest absolute Gasteiger partial charge is 0.158 e. The lowest BCUT2D eigenvalue weighted by Gasteiger charge is -2.04. The van der Waals surface area contributed by atoms with E-state index in [2.05, 4.69) is 11.8 Å². The summed E-state index contributed by atoms with van der Waals surface area (Å²) >= 11 is 0. The number of rotatable bonds is 2. The summed E-state index contributed by atoms with van der Waals surface area (Å²) in [5.74, 6) is 5.52. The van der Waals surface area contributed by atoms with Crippen molar-refractivity contribution >= 4 is 0 Å². The van der Waals surface area contributed by atoms with Crippen molar-refractivity contribution in [1.82, 2.24) is 0 Å². The third-order valence-electron chi connectivity index (χ3n) is 1.51. The highest BCUT2D eigenvalue weighted by Crippen LogP contribution is 2.08. The molecule has 0 aromatic carbocycles. The van der Waals surface area contributed by atoms with Crippen LogP contribution in [0.2, 0.25) is 0 Å². The minimum Gasteiger partial charge on any atom is -0.381 e. The lowest BCUT2D eigenvalue weighted by molar-refractivity contribution is -0.0454. The second kappa shape index (κ2) is 5.15. The standard InChI is InChI=1S/C9H14O3/c1-8(10)4-2-3-5-9-11-6-7-12-9/h8-10H,3,5-7H2,1H3/t8-/m1/s1. The Bertz CT molecular complexity index is 172. The van der Waals surface area contributed by atoms with E-state index in [0.717, 1.165) is 12.8 Å². The molecule has 0 radical (unpaired) electrons. The summed E-state index contributed by atoms with van der Waals surface area (Å²) in [6, 6.07) is 0. The van der Waals surface area contributed by atoms with Crippen LogP contribution in [-0.4, -0.2) is 30.7 Å². The lowest BCUT2D eigenvalue weighted by atomic mass is 10.3. The molecule has 0 aromatic rings. The van der Waals surface area contributed by atoms with Gasteiger partial charge in [-0.05, 0) is 6.92 Å². The second-order valence-corrected chi connectivity index (χ2v) is 2.71. The highest BCUT2D eigenvalue weighted by atomic mass is 16.7. The molecule has 0 unspecified atom stereocenters. The Morgan fingerprint density at radius 2 is 2.17 bits per heavy atom. The minimum atomic E-state index is -0.532. The van der Waals surface area contributed by atoms with Crippen molar-refractivity contribution in [2.24, 2.45) is 0 Å². The van der Waals surface area contributed by atoms with E-state index in [1.165, 1.54) is 0 Å². The normalized spacial score (nSPS) is 20.2. The predicted octanol–water partition coefficient (Wildman–Crippen LogP) is 0.524. The molecule has 1 saturated heterocycles. The monoisotopic (exact) mass is 170 g/mol. The van der Waals surface area contributed by atoms with E-state index in [4.69, 9.17) is 14.6 Å². The molecule has 0 aromatic heterocycles. The molecule has 0 saturated carbocycles. The van der Waals surface area contributed by atoms with Crippen molar-refractivity contribution in [2.75, 3.05) is 13.2 Å². The first kappa shape index (κ1) is 9.53. The van der Waals surface area contributed by atoms with Crippen LogP contribution in [0.5, 0.6) is 0 Å².